The third-order valence-electron chi connectivity index (χ3n) is 3.35. The van der Waals surface area contributed by atoms with E-state index in [1.54, 1.807) is 12.5 Å². The number of para-hydroxylation sites is 1. The number of aromatic nitrogens is 2. The summed E-state index contributed by atoms with van der Waals surface area (Å²) in [6.07, 6.45) is 6.82. The summed E-state index contributed by atoms with van der Waals surface area (Å²) in [5, 5.41) is 3.30. The molecule has 2 heterocycles. The maximum Gasteiger partial charge on any atom is 0.269 e. The molecule has 0 saturated heterocycles. The standard InChI is InChI=1S/C16H19N5O/c1-2-21(11-13-10-17-12-19-13)15-8-9-18-16(20-15)22-14-6-4-3-5-7-14/h3-10,12,16,20H,2,11H2,1H3,(H,17,19). The first-order valence-electron chi connectivity index (χ1n) is 7.29. The van der Waals surface area contributed by atoms with E-state index in [0.29, 0.717) is 0 Å². The maximum absolute atomic E-state index is 5.82. The van der Waals surface area contributed by atoms with Crippen molar-refractivity contribution in [1.82, 2.24) is 20.2 Å². The first-order chi connectivity index (χ1) is 10.8. The quantitative estimate of drug-likeness (QED) is 0.857. The Balaban J connectivity index is 1.64. The average Bonchev–Trinajstić information content (AvgIpc) is 3.07. The molecule has 2 N–H and O–H groups in total. The van der Waals surface area contributed by atoms with Gasteiger partial charge in [-0.05, 0) is 25.1 Å². The number of benzene rings is 1. The van der Waals surface area contributed by atoms with Gasteiger partial charge >= 0.3 is 0 Å². The van der Waals surface area contributed by atoms with E-state index in [1.807, 2.05) is 42.6 Å². The Morgan fingerprint density at radius 2 is 2.14 bits per heavy atom. The SMILES string of the molecule is CCN(Cc1cnc[nH]1)C1=CC=NC(Oc2ccccc2)N1. The Labute approximate surface area is 129 Å². The fourth-order valence-corrected chi connectivity index (χ4v) is 2.23. The summed E-state index contributed by atoms with van der Waals surface area (Å²) in [7, 11) is 0. The zero-order chi connectivity index (χ0) is 15.2. The van der Waals surface area contributed by atoms with Crippen LogP contribution in [0.4, 0.5) is 0 Å². The van der Waals surface area contributed by atoms with Crippen LogP contribution in [0.3, 0.4) is 0 Å². The van der Waals surface area contributed by atoms with Gasteiger partial charge in [-0.1, -0.05) is 18.2 Å². The first-order valence-corrected chi connectivity index (χ1v) is 7.29. The highest BCUT2D eigenvalue weighted by Gasteiger charge is 2.17. The molecule has 1 atom stereocenters. The van der Waals surface area contributed by atoms with Crippen molar-refractivity contribution in [3.63, 3.8) is 0 Å². The molecule has 3 rings (SSSR count). The molecule has 0 saturated carbocycles. The summed E-state index contributed by atoms with van der Waals surface area (Å²) in [5.74, 6) is 1.77. The summed E-state index contributed by atoms with van der Waals surface area (Å²) in [6.45, 7) is 3.72. The summed E-state index contributed by atoms with van der Waals surface area (Å²) in [6, 6.07) is 9.66. The highest BCUT2D eigenvalue weighted by Crippen LogP contribution is 2.14. The first kappa shape index (κ1) is 14.2. The molecule has 0 amide bonds. The predicted octanol–water partition coefficient (Wildman–Crippen LogP) is 2.11. The van der Waals surface area contributed by atoms with E-state index in [4.69, 9.17) is 4.74 Å². The lowest BCUT2D eigenvalue weighted by Gasteiger charge is -2.30. The minimum Gasteiger partial charge on any atom is -0.451 e. The maximum atomic E-state index is 5.82. The molecule has 0 bridgehead atoms. The lowest BCUT2D eigenvalue weighted by atomic mass is 10.3. The van der Waals surface area contributed by atoms with E-state index in [2.05, 4.69) is 32.1 Å². The Kier molecular flexibility index (Phi) is 4.38. The number of hydrogen-bond donors (Lipinski definition) is 2. The van der Waals surface area contributed by atoms with Crippen LogP contribution in [-0.2, 0) is 6.54 Å². The van der Waals surface area contributed by atoms with E-state index >= 15 is 0 Å². The Morgan fingerprint density at radius 1 is 1.27 bits per heavy atom. The number of allylic oxidation sites excluding steroid dienone is 1. The van der Waals surface area contributed by atoms with Crippen LogP contribution in [0.15, 0.2) is 59.7 Å². The molecule has 1 aliphatic rings. The molecule has 2 aromatic rings. The van der Waals surface area contributed by atoms with Crippen LogP contribution in [0, 0.1) is 0 Å². The molecule has 1 aromatic carbocycles. The third kappa shape index (κ3) is 3.46. The van der Waals surface area contributed by atoms with Gasteiger partial charge in [-0.2, -0.15) is 0 Å². The molecule has 0 fully saturated rings. The fourth-order valence-electron chi connectivity index (χ4n) is 2.23. The van der Waals surface area contributed by atoms with Crippen LogP contribution >= 0.6 is 0 Å². The molecule has 0 aliphatic carbocycles. The van der Waals surface area contributed by atoms with Crippen LogP contribution in [0.2, 0.25) is 0 Å². The number of hydrogen-bond acceptors (Lipinski definition) is 5. The summed E-state index contributed by atoms with van der Waals surface area (Å²) in [4.78, 5) is 13.7. The topological polar surface area (TPSA) is 65.5 Å². The van der Waals surface area contributed by atoms with Crippen molar-refractivity contribution in [2.24, 2.45) is 4.99 Å². The minimum atomic E-state index is -0.418. The van der Waals surface area contributed by atoms with Gasteiger partial charge in [0.05, 0.1) is 18.6 Å². The highest BCUT2D eigenvalue weighted by atomic mass is 16.5. The molecular formula is C16H19N5O. The second-order valence-corrected chi connectivity index (χ2v) is 4.87. The Bertz CT molecular complexity index is 636. The summed E-state index contributed by atoms with van der Waals surface area (Å²) >= 11 is 0. The Morgan fingerprint density at radius 3 is 2.86 bits per heavy atom. The number of aromatic amines is 1. The number of nitrogens with one attached hydrogen (secondary N) is 2. The van der Waals surface area contributed by atoms with Crippen LogP contribution < -0.4 is 10.1 Å². The summed E-state index contributed by atoms with van der Waals surface area (Å²) in [5.41, 5.74) is 1.06. The molecule has 0 spiro atoms. The molecule has 6 nitrogen and oxygen atoms in total. The van der Waals surface area contributed by atoms with E-state index in [9.17, 15) is 0 Å². The van der Waals surface area contributed by atoms with Gasteiger partial charge in [0.15, 0.2) is 0 Å². The van der Waals surface area contributed by atoms with Crippen molar-refractivity contribution in [2.45, 2.75) is 19.8 Å². The number of ether oxygens (including phenoxy) is 1. The molecule has 114 valence electrons. The minimum absolute atomic E-state index is 0.418. The van der Waals surface area contributed by atoms with Crippen LogP contribution in [-0.4, -0.2) is 34.0 Å². The number of imidazole rings is 1. The van der Waals surface area contributed by atoms with Gasteiger partial charge in [0.25, 0.3) is 6.35 Å². The fraction of sp³-hybridized carbons (Fsp3) is 0.250. The van der Waals surface area contributed by atoms with Crippen molar-refractivity contribution >= 4 is 6.21 Å². The molecular weight excluding hydrogens is 278 g/mol. The zero-order valence-electron chi connectivity index (χ0n) is 12.4. The van der Waals surface area contributed by atoms with Crippen LogP contribution in [0.25, 0.3) is 0 Å². The van der Waals surface area contributed by atoms with Crippen molar-refractivity contribution in [2.75, 3.05) is 6.54 Å². The molecule has 22 heavy (non-hydrogen) atoms. The molecule has 0 radical (unpaired) electrons. The monoisotopic (exact) mass is 297 g/mol. The van der Waals surface area contributed by atoms with Crippen molar-refractivity contribution in [3.8, 4) is 5.75 Å². The molecule has 1 aromatic heterocycles. The van der Waals surface area contributed by atoms with E-state index in [0.717, 1.165) is 30.4 Å². The smallest absolute Gasteiger partial charge is 0.269 e. The highest BCUT2D eigenvalue weighted by molar-refractivity contribution is 5.73. The van der Waals surface area contributed by atoms with Gasteiger partial charge in [0.1, 0.15) is 11.6 Å². The summed E-state index contributed by atoms with van der Waals surface area (Å²) < 4.78 is 5.82. The zero-order valence-corrected chi connectivity index (χ0v) is 12.4. The molecule has 1 unspecified atom stereocenters. The van der Waals surface area contributed by atoms with Gasteiger partial charge in [0, 0.05) is 19.0 Å². The second kappa shape index (κ2) is 6.80. The number of H-pyrrole nitrogens is 1. The normalized spacial score (nSPS) is 16.8. The number of rotatable bonds is 6. The van der Waals surface area contributed by atoms with Gasteiger partial charge in [0.2, 0.25) is 0 Å². The van der Waals surface area contributed by atoms with Gasteiger partial charge in [-0.25, -0.2) is 9.98 Å². The molecule has 6 heteroatoms. The van der Waals surface area contributed by atoms with Crippen molar-refractivity contribution < 1.29 is 4.74 Å². The van der Waals surface area contributed by atoms with Crippen molar-refractivity contribution in [1.29, 1.82) is 0 Å². The van der Waals surface area contributed by atoms with Gasteiger partial charge in [-0.15, -0.1) is 0 Å². The van der Waals surface area contributed by atoms with E-state index in [1.165, 1.54) is 0 Å². The second-order valence-electron chi connectivity index (χ2n) is 4.87. The Hall–Kier alpha value is -2.76. The third-order valence-corrected chi connectivity index (χ3v) is 3.35. The molecule has 1 aliphatic heterocycles. The van der Waals surface area contributed by atoms with Gasteiger partial charge in [-0.3, -0.25) is 0 Å². The van der Waals surface area contributed by atoms with E-state index < -0.39 is 6.35 Å². The van der Waals surface area contributed by atoms with Crippen molar-refractivity contribution in [3.05, 3.63) is 60.4 Å². The van der Waals surface area contributed by atoms with E-state index in [-0.39, 0.29) is 0 Å². The van der Waals surface area contributed by atoms with Gasteiger partial charge < -0.3 is 19.9 Å². The number of aliphatic imine (C=N–C) groups is 1. The van der Waals surface area contributed by atoms with Crippen LogP contribution in [0.5, 0.6) is 5.75 Å². The number of nitrogens with zero attached hydrogens (tertiary/aromatic N) is 3. The van der Waals surface area contributed by atoms with Crippen LogP contribution in [0.1, 0.15) is 12.6 Å². The predicted molar refractivity (Wildman–Crippen MR) is 85.2 cm³/mol. The largest absolute Gasteiger partial charge is 0.451 e. The lowest BCUT2D eigenvalue weighted by molar-refractivity contribution is 0.162. The average molecular weight is 297 g/mol. The lowest BCUT2D eigenvalue weighted by Crippen LogP contribution is -2.41.